The second-order valence-electron chi connectivity index (χ2n) is 12.0. The Bertz CT molecular complexity index is 1400. The number of hydrogen-bond donors (Lipinski definition) is 1. The molecule has 7 nitrogen and oxygen atoms in total. The van der Waals surface area contributed by atoms with E-state index < -0.39 is 0 Å². The summed E-state index contributed by atoms with van der Waals surface area (Å²) in [5.41, 5.74) is 5.34. The fourth-order valence-electron chi connectivity index (χ4n) is 6.03. The van der Waals surface area contributed by atoms with Crippen LogP contribution in [-0.2, 0) is 30.7 Å². The zero-order chi connectivity index (χ0) is 29.7. The molecule has 0 radical (unpaired) electrons. The van der Waals surface area contributed by atoms with E-state index in [9.17, 15) is 14.7 Å². The summed E-state index contributed by atoms with van der Waals surface area (Å²) in [5.74, 6) is 0.923. The van der Waals surface area contributed by atoms with Crippen LogP contribution in [0.4, 0.5) is 0 Å². The number of rotatable bonds is 10. The monoisotopic (exact) mass is 569 g/mol. The molecule has 2 heterocycles. The number of phenolic OH excluding ortho intramolecular Hbond substituents is 1. The van der Waals surface area contributed by atoms with Crippen molar-refractivity contribution in [1.29, 1.82) is 0 Å². The first-order valence-corrected chi connectivity index (χ1v) is 15.2. The van der Waals surface area contributed by atoms with Gasteiger partial charge in [-0.1, -0.05) is 48.5 Å². The van der Waals surface area contributed by atoms with Crippen molar-refractivity contribution >= 4 is 11.8 Å². The molecule has 2 aliphatic heterocycles. The van der Waals surface area contributed by atoms with Gasteiger partial charge in [0, 0.05) is 56.8 Å². The molecule has 0 atom stereocenters. The molecule has 0 unspecified atom stereocenters. The van der Waals surface area contributed by atoms with Gasteiger partial charge in [-0.2, -0.15) is 0 Å². The smallest absolute Gasteiger partial charge is 0.254 e. The highest BCUT2D eigenvalue weighted by molar-refractivity contribution is 5.96. The van der Waals surface area contributed by atoms with Gasteiger partial charge in [0.1, 0.15) is 0 Å². The Morgan fingerprint density at radius 2 is 1.60 bits per heavy atom. The number of piperazine rings is 1. The summed E-state index contributed by atoms with van der Waals surface area (Å²) in [7, 11) is 0. The van der Waals surface area contributed by atoms with Crippen molar-refractivity contribution in [2.75, 3.05) is 32.8 Å². The summed E-state index contributed by atoms with van der Waals surface area (Å²) in [6.07, 6.45) is 3.03. The van der Waals surface area contributed by atoms with Crippen LogP contribution in [0.15, 0.2) is 66.7 Å². The molecule has 42 heavy (non-hydrogen) atoms. The van der Waals surface area contributed by atoms with E-state index in [0.29, 0.717) is 45.0 Å². The van der Waals surface area contributed by atoms with Gasteiger partial charge in [-0.25, -0.2) is 0 Å². The minimum atomic E-state index is -0.0886. The number of hydrogen-bond acceptors (Lipinski definition) is 5. The summed E-state index contributed by atoms with van der Waals surface area (Å²) >= 11 is 0. The Morgan fingerprint density at radius 1 is 0.857 bits per heavy atom. The lowest BCUT2D eigenvalue weighted by molar-refractivity contribution is -0.132. The molecule has 0 spiro atoms. The van der Waals surface area contributed by atoms with Crippen molar-refractivity contribution in [2.45, 2.75) is 65.1 Å². The number of ether oxygens (including phenoxy) is 1. The number of aryl methyl sites for hydroxylation is 2. The number of carbonyl (C=O) groups is 2. The van der Waals surface area contributed by atoms with E-state index in [1.54, 1.807) is 6.07 Å². The van der Waals surface area contributed by atoms with Gasteiger partial charge >= 0.3 is 0 Å². The van der Waals surface area contributed by atoms with Gasteiger partial charge in [-0.3, -0.25) is 14.5 Å². The van der Waals surface area contributed by atoms with Crippen molar-refractivity contribution < 1.29 is 19.4 Å². The molecule has 222 valence electrons. The number of carbonyl (C=O) groups excluding carboxylic acids is 2. The van der Waals surface area contributed by atoms with Crippen LogP contribution < -0.4 is 4.74 Å². The van der Waals surface area contributed by atoms with Gasteiger partial charge in [-0.15, -0.1) is 0 Å². The largest absolute Gasteiger partial charge is 0.504 e. The maximum Gasteiger partial charge on any atom is 0.254 e. The minimum absolute atomic E-state index is 0.0652. The molecule has 7 heteroatoms. The van der Waals surface area contributed by atoms with Crippen LogP contribution in [0.3, 0.4) is 0 Å². The van der Waals surface area contributed by atoms with Gasteiger partial charge < -0.3 is 19.6 Å². The molecule has 0 saturated carbocycles. The van der Waals surface area contributed by atoms with Crippen LogP contribution in [-0.4, -0.2) is 69.9 Å². The lowest BCUT2D eigenvalue weighted by Crippen LogP contribution is -2.50. The molecule has 0 aromatic heterocycles. The lowest BCUT2D eigenvalue weighted by Gasteiger charge is -2.36. The summed E-state index contributed by atoms with van der Waals surface area (Å²) in [4.78, 5) is 32.8. The average Bonchev–Trinajstić information content (AvgIpc) is 3.47. The number of fused-ring (bicyclic) bond motifs is 1. The quantitative estimate of drug-likeness (QED) is 0.352. The number of benzene rings is 3. The average molecular weight is 570 g/mol. The molecule has 2 amide bonds. The Labute approximate surface area is 249 Å². The third-order valence-corrected chi connectivity index (χ3v) is 8.81. The van der Waals surface area contributed by atoms with Crippen molar-refractivity contribution in [2.24, 2.45) is 0 Å². The van der Waals surface area contributed by atoms with Crippen LogP contribution in [0.25, 0.3) is 0 Å². The van der Waals surface area contributed by atoms with Crippen molar-refractivity contribution in [3.63, 3.8) is 0 Å². The van der Waals surface area contributed by atoms with Crippen LogP contribution in [0.2, 0.25) is 0 Å². The minimum Gasteiger partial charge on any atom is -0.504 e. The fraction of sp³-hybridized carbons (Fsp3) is 0.429. The first-order chi connectivity index (χ1) is 20.2. The van der Waals surface area contributed by atoms with Crippen molar-refractivity contribution in [1.82, 2.24) is 14.7 Å². The SMILES string of the molecule is CCOc1cc(CCC(C)(C)N2Cc3cccc(C(=O)N4CCN(C(=O)CCc5ccccc5)CC4)c3C2)ccc1O. The van der Waals surface area contributed by atoms with E-state index in [-0.39, 0.29) is 23.1 Å². The van der Waals surface area contributed by atoms with Gasteiger partial charge in [0.05, 0.1) is 6.61 Å². The second kappa shape index (κ2) is 13.0. The van der Waals surface area contributed by atoms with E-state index in [0.717, 1.165) is 49.0 Å². The summed E-state index contributed by atoms with van der Waals surface area (Å²) < 4.78 is 5.57. The van der Waals surface area contributed by atoms with E-state index in [1.807, 2.05) is 59.2 Å². The molecule has 2 aliphatic rings. The van der Waals surface area contributed by atoms with Gasteiger partial charge in [0.15, 0.2) is 11.5 Å². The highest BCUT2D eigenvalue weighted by Gasteiger charge is 2.35. The highest BCUT2D eigenvalue weighted by atomic mass is 16.5. The maximum absolute atomic E-state index is 13.7. The molecule has 0 bridgehead atoms. The molecule has 5 rings (SSSR count). The number of phenols is 1. The number of amides is 2. The van der Waals surface area contributed by atoms with E-state index in [2.05, 4.69) is 36.9 Å². The van der Waals surface area contributed by atoms with Crippen LogP contribution >= 0.6 is 0 Å². The van der Waals surface area contributed by atoms with Crippen LogP contribution in [0, 0.1) is 0 Å². The maximum atomic E-state index is 13.7. The lowest BCUT2D eigenvalue weighted by atomic mass is 9.93. The van der Waals surface area contributed by atoms with Gasteiger partial charge in [0.25, 0.3) is 5.91 Å². The van der Waals surface area contributed by atoms with Gasteiger partial charge in [0.2, 0.25) is 5.91 Å². The van der Waals surface area contributed by atoms with Crippen molar-refractivity contribution in [3.8, 4) is 11.5 Å². The topological polar surface area (TPSA) is 73.3 Å². The molecule has 1 N–H and O–H groups in total. The van der Waals surface area contributed by atoms with E-state index >= 15 is 0 Å². The third kappa shape index (κ3) is 6.79. The Balaban J connectivity index is 1.17. The predicted molar refractivity (Wildman–Crippen MR) is 165 cm³/mol. The van der Waals surface area contributed by atoms with Gasteiger partial charge in [-0.05, 0) is 80.5 Å². The summed E-state index contributed by atoms with van der Waals surface area (Å²) in [5, 5.41) is 10.0. The molecular formula is C35H43N3O4. The fourth-order valence-corrected chi connectivity index (χ4v) is 6.03. The Hall–Kier alpha value is -3.84. The van der Waals surface area contributed by atoms with Crippen molar-refractivity contribution in [3.05, 3.63) is 94.5 Å². The van der Waals surface area contributed by atoms with E-state index in [1.165, 1.54) is 11.1 Å². The molecular weight excluding hydrogens is 526 g/mol. The van der Waals surface area contributed by atoms with Crippen LogP contribution in [0.1, 0.15) is 66.2 Å². The normalized spacial score (nSPS) is 15.5. The Morgan fingerprint density at radius 3 is 2.33 bits per heavy atom. The summed E-state index contributed by atoms with van der Waals surface area (Å²) in [6, 6.07) is 21.8. The first-order valence-electron chi connectivity index (χ1n) is 15.2. The molecule has 1 fully saturated rings. The number of nitrogens with zero attached hydrogens (tertiary/aromatic N) is 3. The molecule has 3 aromatic carbocycles. The van der Waals surface area contributed by atoms with E-state index in [4.69, 9.17) is 4.74 Å². The predicted octanol–water partition coefficient (Wildman–Crippen LogP) is 5.44. The first kappa shape index (κ1) is 29.6. The summed E-state index contributed by atoms with van der Waals surface area (Å²) in [6.45, 7) is 10.8. The Kier molecular flexibility index (Phi) is 9.17. The number of aromatic hydroxyl groups is 1. The van der Waals surface area contributed by atoms with Crippen LogP contribution in [0.5, 0.6) is 11.5 Å². The highest BCUT2D eigenvalue weighted by Crippen LogP contribution is 2.35. The second-order valence-corrected chi connectivity index (χ2v) is 12.0. The molecule has 3 aromatic rings. The molecule has 0 aliphatic carbocycles. The standard InChI is InChI=1S/C35H43N3O4/c1-4-42-32-23-27(13-15-31(32)39)17-18-35(2,3)38-24-28-11-8-12-29(30(28)25-38)34(41)37-21-19-36(20-22-37)33(40)16-14-26-9-6-5-7-10-26/h5-13,15,23,39H,4,14,16-22,24-25H2,1-3H3. The third-order valence-electron chi connectivity index (χ3n) is 8.81. The zero-order valence-corrected chi connectivity index (χ0v) is 25.1. The zero-order valence-electron chi connectivity index (χ0n) is 25.1. The molecule has 1 saturated heterocycles.